The van der Waals surface area contributed by atoms with E-state index >= 15 is 0 Å². The van der Waals surface area contributed by atoms with Crippen LogP contribution in [0.3, 0.4) is 0 Å². The normalized spacial score (nSPS) is 24.5. The van der Waals surface area contributed by atoms with E-state index in [1.165, 1.54) is 0 Å². The van der Waals surface area contributed by atoms with Crippen LogP contribution in [0, 0.1) is 37.7 Å². The quantitative estimate of drug-likeness (QED) is 0.461. The summed E-state index contributed by atoms with van der Waals surface area (Å²) in [5.41, 5.74) is 0. The molecule has 1 fully saturated rings. The standard InChI is InChI=1S/C3H6O3S.Ar/c4-7(5)3-1-2-6-7;/h1-3H2;. The summed E-state index contributed by atoms with van der Waals surface area (Å²) in [7, 11) is -3.05. The molecule has 0 bridgehead atoms. The molecule has 0 spiro atoms. The summed E-state index contributed by atoms with van der Waals surface area (Å²) in [5.74, 6) is 0.201. The van der Waals surface area contributed by atoms with Crippen LogP contribution in [0.1, 0.15) is 6.42 Å². The van der Waals surface area contributed by atoms with Crippen LogP contribution in [0.5, 0.6) is 0 Å². The second-order valence-corrected chi connectivity index (χ2v) is 3.20. The summed E-state index contributed by atoms with van der Waals surface area (Å²) < 4.78 is 24.7. The summed E-state index contributed by atoms with van der Waals surface area (Å²) in [6.07, 6.45) is 0.655. The minimum atomic E-state index is -3.05. The van der Waals surface area contributed by atoms with Crippen molar-refractivity contribution in [1.29, 1.82) is 0 Å². The third-order valence-electron chi connectivity index (χ3n) is 0.802. The van der Waals surface area contributed by atoms with Crippen molar-refractivity contribution in [3.8, 4) is 0 Å². The number of hydrogen-bond acceptors (Lipinski definition) is 3. The van der Waals surface area contributed by atoms with Gasteiger partial charge in [0.05, 0.1) is 12.4 Å². The molecule has 50 valence electrons. The van der Waals surface area contributed by atoms with Crippen molar-refractivity contribution in [2.45, 2.75) is 6.42 Å². The molecule has 0 radical (unpaired) electrons. The van der Waals surface area contributed by atoms with Gasteiger partial charge in [-0.2, -0.15) is 8.42 Å². The Bertz CT molecular complexity index is 138. The molecule has 1 saturated heterocycles. The van der Waals surface area contributed by atoms with Crippen molar-refractivity contribution in [1.82, 2.24) is 0 Å². The van der Waals surface area contributed by atoms with Crippen LogP contribution in [0.4, 0.5) is 0 Å². The minimum absolute atomic E-state index is 0. The zero-order valence-electron chi connectivity index (χ0n) is 4.11. The summed E-state index contributed by atoms with van der Waals surface area (Å²) in [6.45, 7) is 0.377. The van der Waals surface area contributed by atoms with Gasteiger partial charge in [0, 0.05) is 37.7 Å². The van der Waals surface area contributed by atoms with Crippen molar-refractivity contribution < 1.29 is 50.3 Å². The molecule has 1 heterocycles. The van der Waals surface area contributed by atoms with E-state index in [4.69, 9.17) is 0 Å². The first kappa shape index (κ1) is 9.17. The second-order valence-electron chi connectivity index (χ2n) is 1.44. The Morgan fingerprint density at radius 2 is 2.00 bits per heavy atom. The van der Waals surface area contributed by atoms with Gasteiger partial charge in [0.25, 0.3) is 10.1 Å². The van der Waals surface area contributed by atoms with E-state index in [0.717, 1.165) is 0 Å². The molecule has 3 nitrogen and oxygen atoms in total. The Kier molecular flexibility index (Phi) is 3.86. The molecule has 0 N–H and O–H groups in total. The fourth-order valence-electron chi connectivity index (χ4n) is 0.481. The molecule has 0 aliphatic carbocycles. The summed E-state index contributed by atoms with van der Waals surface area (Å²) >= 11 is 0. The maximum Gasteiger partial charge on any atom is 0.267 e. The maximum atomic E-state index is 10.2. The smallest absolute Gasteiger partial charge is 0.267 e. The average Bonchev–Trinajstić information content (AvgIpc) is 1.84. The van der Waals surface area contributed by atoms with E-state index in [-0.39, 0.29) is 43.5 Å². The molecule has 5 heteroatoms. The third kappa shape index (κ3) is 2.64. The number of hydrogen-bond donors (Lipinski definition) is 0. The van der Waals surface area contributed by atoms with Crippen LogP contribution in [0.25, 0.3) is 0 Å². The summed E-state index contributed by atoms with van der Waals surface area (Å²) in [6, 6.07) is 0. The Hall–Kier alpha value is 1.17. The van der Waals surface area contributed by atoms with E-state index in [0.29, 0.717) is 13.0 Å². The van der Waals surface area contributed by atoms with Crippen molar-refractivity contribution >= 4 is 10.1 Å². The number of rotatable bonds is 0. The predicted octanol–water partition coefficient (Wildman–Crippen LogP) is -0.263. The Morgan fingerprint density at radius 1 is 1.38 bits per heavy atom. The van der Waals surface area contributed by atoms with Gasteiger partial charge in [-0.3, -0.25) is 4.18 Å². The molecule has 0 saturated carbocycles. The van der Waals surface area contributed by atoms with Crippen molar-refractivity contribution in [3.05, 3.63) is 0 Å². The topological polar surface area (TPSA) is 43.4 Å². The third-order valence-corrected chi connectivity index (χ3v) is 2.12. The van der Waals surface area contributed by atoms with E-state index < -0.39 is 10.1 Å². The molecule has 0 aromatic heterocycles. The van der Waals surface area contributed by atoms with E-state index in [2.05, 4.69) is 4.18 Å². The molecular weight excluding hydrogens is 156 g/mol. The SMILES string of the molecule is O=S1(=O)CCCO1.[Ar]. The molecule has 0 amide bonds. The van der Waals surface area contributed by atoms with Crippen LogP contribution < -0.4 is 0 Å². The second kappa shape index (κ2) is 3.37. The van der Waals surface area contributed by atoms with Crippen LogP contribution in [-0.2, 0) is 14.3 Å². The zero-order chi connectivity index (χ0) is 5.33. The Labute approximate surface area is 78.5 Å². The van der Waals surface area contributed by atoms with Gasteiger partial charge in [0.2, 0.25) is 0 Å². The Morgan fingerprint density at radius 3 is 2.12 bits per heavy atom. The molecule has 8 heavy (non-hydrogen) atoms. The van der Waals surface area contributed by atoms with Crippen LogP contribution in [0.15, 0.2) is 0 Å². The first-order chi connectivity index (χ1) is 3.21. The van der Waals surface area contributed by atoms with Gasteiger partial charge in [0.1, 0.15) is 0 Å². The van der Waals surface area contributed by atoms with Gasteiger partial charge < -0.3 is 0 Å². The van der Waals surface area contributed by atoms with Crippen molar-refractivity contribution in [2.24, 2.45) is 0 Å². The van der Waals surface area contributed by atoms with Crippen molar-refractivity contribution in [2.75, 3.05) is 12.4 Å². The van der Waals surface area contributed by atoms with Crippen molar-refractivity contribution in [3.63, 3.8) is 0 Å². The van der Waals surface area contributed by atoms with Crippen LogP contribution in [-0.4, -0.2) is 20.8 Å². The molecular formula is C3H6ArO3S. The monoisotopic (exact) mass is 162 g/mol. The van der Waals surface area contributed by atoms with Gasteiger partial charge in [-0.1, -0.05) is 0 Å². The van der Waals surface area contributed by atoms with Gasteiger partial charge in [-0.25, -0.2) is 0 Å². The van der Waals surface area contributed by atoms with Gasteiger partial charge >= 0.3 is 0 Å². The van der Waals surface area contributed by atoms with E-state index in [9.17, 15) is 8.42 Å². The van der Waals surface area contributed by atoms with Crippen LogP contribution >= 0.6 is 0 Å². The first-order valence-electron chi connectivity index (χ1n) is 2.08. The van der Waals surface area contributed by atoms with Gasteiger partial charge in [-0.15, -0.1) is 0 Å². The van der Waals surface area contributed by atoms with E-state index in [1.807, 2.05) is 0 Å². The molecule has 1 rings (SSSR count). The average molecular weight is 162 g/mol. The van der Waals surface area contributed by atoms with E-state index in [1.54, 1.807) is 0 Å². The minimum Gasteiger partial charge on any atom is -0.270 e. The van der Waals surface area contributed by atoms with Gasteiger partial charge in [-0.05, 0) is 6.42 Å². The molecule has 1 aliphatic heterocycles. The largest absolute Gasteiger partial charge is 0.270 e. The van der Waals surface area contributed by atoms with Gasteiger partial charge in [0.15, 0.2) is 0 Å². The predicted molar refractivity (Wildman–Crippen MR) is 24.4 cm³/mol. The molecule has 0 atom stereocenters. The fourth-order valence-corrected chi connectivity index (χ4v) is 1.44. The summed E-state index contributed by atoms with van der Waals surface area (Å²) in [5, 5.41) is 0. The molecule has 0 unspecified atom stereocenters. The molecule has 0 aromatic rings. The van der Waals surface area contributed by atoms with Crippen LogP contribution in [0.2, 0.25) is 0 Å². The Balaban J connectivity index is 0.000000490. The summed E-state index contributed by atoms with van der Waals surface area (Å²) in [4.78, 5) is 0. The zero-order valence-corrected chi connectivity index (χ0v) is 5.63. The molecule has 0 aromatic carbocycles. The first-order valence-corrected chi connectivity index (χ1v) is 3.65. The maximum absolute atomic E-state index is 10.2. The fraction of sp³-hybridized carbons (Fsp3) is 1.00. The molecule has 1 aliphatic rings.